The second-order valence-electron chi connectivity index (χ2n) is 5.38. The van der Waals surface area contributed by atoms with Gasteiger partial charge in [-0.1, -0.05) is 0 Å². The van der Waals surface area contributed by atoms with E-state index >= 15 is 0 Å². The summed E-state index contributed by atoms with van der Waals surface area (Å²) in [5, 5.41) is 6.45. The third-order valence-electron chi connectivity index (χ3n) is 3.55. The van der Waals surface area contributed by atoms with Gasteiger partial charge < -0.3 is 5.73 Å². The Morgan fingerprint density at radius 1 is 1.04 bits per heavy atom. The molecule has 3 rings (SSSR count). The summed E-state index contributed by atoms with van der Waals surface area (Å²) in [5.41, 5.74) is 6.58. The van der Waals surface area contributed by atoms with Crippen LogP contribution in [0.4, 0.5) is 0 Å². The predicted octanol–water partition coefficient (Wildman–Crippen LogP) is 2.68. The molecule has 0 fully saturated rings. The Morgan fingerprint density at radius 2 is 1.70 bits per heavy atom. The van der Waals surface area contributed by atoms with Crippen molar-refractivity contribution in [2.24, 2.45) is 5.73 Å². The second-order valence-corrected chi connectivity index (χ2v) is 10.7. The molecule has 3 aromatic rings. The summed E-state index contributed by atoms with van der Waals surface area (Å²) in [6.07, 6.45) is 4.10. The van der Waals surface area contributed by atoms with Crippen LogP contribution in [0.15, 0.2) is 56.7 Å². The first-order valence-electron chi connectivity index (χ1n) is 7.10. The van der Waals surface area contributed by atoms with Gasteiger partial charge in [0.25, 0.3) is 0 Å². The summed E-state index contributed by atoms with van der Waals surface area (Å²) < 4.78 is 49.9. The number of thiophene rings is 1. The molecule has 27 heavy (non-hydrogen) atoms. The highest BCUT2D eigenvalue weighted by Crippen LogP contribution is 2.32. The molecular weight excluding hydrogens is 453 g/mol. The topological polar surface area (TPSA) is 123 Å². The number of hydrogen-bond donors (Lipinski definition) is 2. The van der Waals surface area contributed by atoms with Crippen LogP contribution in [0.1, 0.15) is 4.88 Å². The predicted molar refractivity (Wildman–Crippen MR) is 109 cm³/mol. The van der Waals surface area contributed by atoms with Gasteiger partial charge in [0.05, 0.1) is 16.0 Å². The van der Waals surface area contributed by atoms with Crippen molar-refractivity contribution in [1.29, 1.82) is 0 Å². The number of hydrogen-bond acceptors (Lipinski definition) is 7. The minimum atomic E-state index is -3.86. The largest absolute Gasteiger partial charge is 0.326 e. The summed E-state index contributed by atoms with van der Waals surface area (Å²) in [6.45, 7) is 0.240. The number of H-pyrrole nitrogens is 1. The summed E-state index contributed by atoms with van der Waals surface area (Å²) >= 11 is 1.07. The van der Waals surface area contributed by atoms with Crippen LogP contribution >= 0.6 is 36.2 Å². The van der Waals surface area contributed by atoms with E-state index < -0.39 is 19.7 Å². The number of nitrogens with two attached hydrogens (primary N) is 1. The van der Waals surface area contributed by atoms with Crippen molar-refractivity contribution in [3.63, 3.8) is 0 Å². The molecule has 0 aliphatic carbocycles. The first-order chi connectivity index (χ1) is 11.7. The van der Waals surface area contributed by atoms with E-state index in [9.17, 15) is 16.8 Å². The average molecular weight is 470 g/mol. The molecule has 0 amide bonds. The molecule has 1 aromatic carbocycles. The summed E-state index contributed by atoms with van der Waals surface area (Å²) in [5.74, 6) is 0. The Kier molecular flexibility index (Phi) is 7.62. The van der Waals surface area contributed by atoms with Gasteiger partial charge in [-0.3, -0.25) is 5.10 Å². The molecule has 2 heterocycles. The molecule has 0 spiro atoms. The number of nitrogens with one attached hydrogen (secondary N) is 1. The fourth-order valence-electron chi connectivity index (χ4n) is 2.24. The fraction of sp³-hybridized carbons (Fsp3) is 0.133. The highest BCUT2D eigenvalue weighted by molar-refractivity contribution is 7.93. The Morgan fingerprint density at radius 3 is 2.22 bits per heavy atom. The maximum Gasteiger partial charge on any atom is 0.216 e. The van der Waals surface area contributed by atoms with Crippen molar-refractivity contribution in [3.05, 3.63) is 47.6 Å². The number of benzene rings is 1. The molecule has 0 saturated heterocycles. The molecule has 0 radical (unpaired) electrons. The maximum atomic E-state index is 12.9. The SMILES string of the molecule is CS(=O)(=O)c1cc(-c2cn[nH]c2)cc(S(=O)(=O)c2ccc(CN)s2)c1.Cl.Cl. The van der Waals surface area contributed by atoms with Gasteiger partial charge in [0, 0.05) is 29.4 Å². The Bertz CT molecular complexity index is 1130. The fourth-order valence-corrected chi connectivity index (χ4v) is 5.71. The molecule has 2 aromatic heterocycles. The van der Waals surface area contributed by atoms with Crippen molar-refractivity contribution in [2.45, 2.75) is 20.5 Å². The van der Waals surface area contributed by atoms with Crippen molar-refractivity contribution in [3.8, 4) is 11.1 Å². The highest BCUT2D eigenvalue weighted by Gasteiger charge is 2.23. The van der Waals surface area contributed by atoms with Crippen LogP contribution in [0.3, 0.4) is 0 Å². The third-order valence-corrected chi connectivity index (χ3v) is 7.98. The van der Waals surface area contributed by atoms with E-state index in [1.54, 1.807) is 12.3 Å². The van der Waals surface area contributed by atoms with E-state index in [2.05, 4.69) is 10.2 Å². The third kappa shape index (κ3) is 4.89. The molecule has 0 unspecified atom stereocenters. The molecule has 3 N–H and O–H groups in total. The summed E-state index contributed by atoms with van der Waals surface area (Å²) in [7, 11) is -7.45. The van der Waals surface area contributed by atoms with Gasteiger partial charge in [-0.15, -0.1) is 36.2 Å². The molecular formula is C15H17Cl2N3O4S3. The number of halogens is 2. The molecule has 0 bridgehead atoms. The first kappa shape index (κ1) is 23.6. The van der Waals surface area contributed by atoms with Gasteiger partial charge in [0.1, 0.15) is 4.21 Å². The van der Waals surface area contributed by atoms with Crippen LogP contribution in [-0.4, -0.2) is 33.3 Å². The van der Waals surface area contributed by atoms with E-state index in [1.165, 1.54) is 30.5 Å². The van der Waals surface area contributed by atoms with Gasteiger partial charge >= 0.3 is 0 Å². The minimum Gasteiger partial charge on any atom is -0.326 e. The van der Waals surface area contributed by atoms with Gasteiger partial charge in [-0.05, 0) is 35.9 Å². The van der Waals surface area contributed by atoms with E-state index in [0.717, 1.165) is 22.5 Å². The molecule has 12 heteroatoms. The van der Waals surface area contributed by atoms with Gasteiger partial charge in [-0.2, -0.15) is 5.10 Å². The number of aromatic nitrogens is 2. The van der Waals surface area contributed by atoms with E-state index in [1.807, 2.05) is 0 Å². The second kappa shape index (κ2) is 8.72. The lowest BCUT2D eigenvalue weighted by atomic mass is 10.1. The van der Waals surface area contributed by atoms with Crippen LogP contribution in [-0.2, 0) is 26.2 Å². The lowest BCUT2D eigenvalue weighted by molar-refractivity contribution is 0.597. The molecule has 0 saturated carbocycles. The van der Waals surface area contributed by atoms with Gasteiger partial charge in [0.15, 0.2) is 9.84 Å². The standard InChI is InChI=1S/C15H15N3O4S3.2ClH/c1-24(19,20)13-4-10(11-8-17-18-9-11)5-14(6-13)25(21,22)15-3-2-12(7-16)23-15;;/h2-6,8-9H,7,16H2,1H3,(H,17,18);2*1H. The molecule has 7 nitrogen and oxygen atoms in total. The van der Waals surface area contributed by atoms with Crippen LogP contribution < -0.4 is 5.73 Å². The van der Waals surface area contributed by atoms with Crippen molar-refractivity contribution in [1.82, 2.24) is 10.2 Å². The molecule has 0 atom stereocenters. The normalized spacial score (nSPS) is 11.5. The zero-order chi connectivity index (χ0) is 18.2. The number of aromatic amines is 1. The van der Waals surface area contributed by atoms with E-state index in [4.69, 9.17) is 5.73 Å². The zero-order valence-electron chi connectivity index (χ0n) is 13.9. The van der Waals surface area contributed by atoms with Crippen LogP contribution in [0.25, 0.3) is 11.1 Å². The smallest absolute Gasteiger partial charge is 0.216 e. The maximum absolute atomic E-state index is 12.9. The summed E-state index contributed by atoms with van der Waals surface area (Å²) in [6, 6.07) is 7.17. The molecule has 0 aliphatic heterocycles. The van der Waals surface area contributed by atoms with Crippen molar-refractivity contribution < 1.29 is 16.8 Å². The van der Waals surface area contributed by atoms with Gasteiger partial charge in [0.2, 0.25) is 9.84 Å². The van der Waals surface area contributed by atoms with Crippen LogP contribution in [0, 0.1) is 0 Å². The highest BCUT2D eigenvalue weighted by atomic mass is 35.5. The zero-order valence-corrected chi connectivity index (χ0v) is 18.0. The number of nitrogens with zero attached hydrogens (tertiary/aromatic N) is 1. The summed E-state index contributed by atoms with van der Waals surface area (Å²) in [4.78, 5) is 0.574. The molecule has 0 aliphatic rings. The number of sulfone groups is 2. The van der Waals surface area contributed by atoms with E-state index in [-0.39, 0.29) is 45.4 Å². The quantitative estimate of drug-likeness (QED) is 0.591. The lowest BCUT2D eigenvalue weighted by Gasteiger charge is -2.08. The Balaban J connectivity index is 0.00000182. The van der Waals surface area contributed by atoms with Crippen molar-refractivity contribution in [2.75, 3.05) is 6.26 Å². The van der Waals surface area contributed by atoms with Crippen LogP contribution in [0.2, 0.25) is 0 Å². The van der Waals surface area contributed by atoms with E-state index in [0.29, 0.717) is 11.1 Å². The lowest BCUT2D eigenvalue weighted by Crippen LogP contribution is -2.04. The van der Waals surface area contributed by atoms with Crippen LogP contribution in [0.5, 0.6) is 0 Å². The minimum absolute atomic E-state index is 0. The molecule has 148 valence electrons. The number of rotatable bonds is 5. The monoisotopic (exact) mass is 469 g/mol. The first-order valence-corrected chi connectivity index (χ1v) is 11.3. The Labute approximate surface area is 173 Å². The average Bonchev–Trinajstić information content (AvgIpc) is 3.25. The van der Waals surface area contributed by atoms with Crippen molar-refractivity contribution >= 4 is 55.8 Å². The van der Waals surface area contributed by atoms with Gasteiger partial charge in [-0.25, -0.2) is 16.8 Å². The Hall–Kier alpha value is -1.43.